The first-order chi connectivity index (χ1) is 8.59. The predicted octanol–water partition coefficient (Wildman–Crippen LogP) is 2.53. The topological polar surface area (TPSA) is 48.5 Å². The number of aryl methyl sites for hydroxylation is 2. The van der Waals surface area contributed by atoms with Gasteiger partial charge in [0.15, 0.2) is 5.82 Å². The van der Waals surface area contributed by atoms with E-state index >= 15 is 0 Å². The van der Waals surface area contributed by atoms with Gasteiger partial charge >= 0.3 is 0 Å². The van der Waals surface area contributed by atoms with E-state index in [0.29, 0.717) is 0 Å². The zero-order valence-corrected chi connectivity index (χ0v) is 11.9. The maximum absolute atomic E-state index is 4.50. The highest BCUT2D eigenvalue weighted by Gasteiger charge is 2.15. The minimum atomic E-state index is 0.763. The van der Waals surface area contributed by atoms with Crippen LogP contribution >= 0.6 is 15.9 Å². The summed E-state index contributed by atoms with van der Waals surface area (Å²) in [5, 5.41) is 4.50. The van der Waals surface area contributed by atoms with E-state index in [1.54, 1.807) is 12.5 Å². The zero-order chi connectivity index (χ0) is 12.9. The molecule has 5 nitrogen and oxygen atoms in total. The highest BCUT2D eigenvalue weighted by atomic mass is 79.9. The molecule has 0 N–H and O–H groups in total. The van der Waals surface area contributed by atoms with Crippen molar-refractivity contribution in [2.24, 2.45) is 7.05 Å². The van der Waals surface area contributed by atoms with E-state index < -0.39 is 0 Å². The van der Waals surface area contributed by atoms with E-state index in [0.717, 1.165) is 32.7 Å². The Balaban J connectivity index is 2.35. The Bertz CT molecular complexity index is 740. The first kappa shape index (κ1) is 11.4. The lowest BCUT2D eigenvalue weighted by atomic mass is 10.3. The number of rotatable bonds is 1. The van der Waals surface area contributed by atoms with Gasteiger partial charge in [0.25, 0.3) is 0 Å². The molecule has 92 valence electrons. The molecule has 6 heteroatoms. The molecule has 0 aliphatic rings. The van der Waals surface area contributed by atoms with Crippen LogP contribution in [0.2, 0.25) is 0 Å². The first-order valence-corrected chi connectivity index (χ1v) is 6.37. The number of pyridine rings is 1. The van der Waals surface area contributed by atoms with Gasteiger partial charge in [0.05, 0.1) is 27.7 Å². The molecule has 0 saturated carbocycles. The van der Waals surface area contributed by atoms with Gasteiger partial charge in [-0.3, -0.25) is 0 Å². The summed E-state index contributed by atoms with van der Waals surface area (Å²) in [4.78, 5) is 8.81. The number of fused-ring (bicyclic) bond motifs is 1. The normalized spacial score (nSPS) is 11.3. The van der Waals surface area contributed by atoms with E-state index in [1.165, 1.54) is 0 Å². The van der Waals surface area contributed by atoms with Crippen molar-refractivity contribution >= 4 is 27.0 Å². The lowest BCUT2D eigenvalue weighted by molar-refractivity contribution is 0.811. The third-order valence-corrected chi connectivity index (χ3v) is 4.17. The smallest absolute Gasteiger partial charge is 0.181 e. The molecular formula is C12H12BrN5. The van der Waals surface area contributed by atoms with Gasteiger partial charge in [-0.2, -0.15) is 5.10 Å². The third-order valence-electron chi connectivity index (χ3n) is 3.03. The van der Waals surface area contributed by atoms with Gasteiger partial charge in [0.2, 0.25) is 0 Å². The maximum atomic E-state index is 4.50. The highest BCUT2D eigenvalue weighted by Crippen LogP contribution is 2.25. The Morgan fingerprint density at radius 1 is 1.22 bits per heavy atom. The zero-order valence-electron chi connectivity index (χ0n) is 10.3. The quantitative estimate of drug-likeness (QED) is 0.694. The Morgan fingerprint density at radius 3 is 2.67 bits per heavy atom. The molecule has 0 atom stereocenters. The van der Waals surface area contributed by atoms with E-state index in [4.69, 9.17) is 0 Å². The molecule has 0 radical (unpaired) electrons. The van der Waals surface area contributed by atoms with Gasteiger partial charge in [-0.25, -0.2) is 14.6 Å². The van der Waals surface area contributed by atoms with Crippen molar-refractivity contribution in [1.82, 2.24) is 24.3 Å². The van der Waals surface area contributed by atoms with E-state index in [1.807, 2.05) is 36.2 Å². The molecule has 0 bridgehead atoms. The van der Waals surface area contributed by atoms with Crippen LogP contribution < -0.4 is 0 Å². The molecule has 3 aromatic heterocycles. The number of aromatic nitrogens is 5. The Hall–Kier alpha value is -1.69. The second kappa shape index (κ2) is 3.91. The van der Waals surface area contributed by atoms with Crippen LogP contribution in [0.4, 0.5) is 0 Å². The summed E-state index contributed by atoms with van der Waals surface area (Å²) in [5.41, 5.74) is 3.88. The largest absolute Gasteiger partial charge is 0.334 e. The molecule has 0 saturated heterocycles. The van der Waals surface area contributed by atoms with E-state index in [-0.39, 0.29) is 0 Å². The minimum Gasteiger partial charge on any atom is -0.334 e. The molecule has 0 fully saturated rings. The molecule has 0 unspecified atom stereocenters. The molecule has 3 rings (SSSR count). The number of imidazole rings is 1. The SMILES string of the molecule is Cc1nn(-c2nccc3c2ncn3C)c(C)c1Br. The van der Waals surface area contributed by atoms with Gasteiger partial charge in [-0.1, -0.05) is 0 Å². The third kappa shape index (κ3) is 1.49. The fraction of sp³-hybridized carbons (Fsp3) is 0.250. The number of hydrogen-bond donors (Lipinski definition) is 0. The van der Waals surface area contributed by atoms with Gasteiger partial charge in [-0.15, -0.1) is 0 Å². The van der Waals surface area contributed by atoms with Crippen molar-refractivity contribution in [1.29, 1.82) is 0 Å². The van der Waals surface area contributed by atoms with Crippen LogP contribution in [-0.4, -0.2) is 24.3 Å². The van der Waals surface area contributed by atoms with Crippen molar-refractivity contribution in [3.63, 3.8) is 0 Å². The first-order valence-electron chi connectivity index (χ1n) is 5.57. The second-order valence-electron chi connectivity index (χ2n) is 4.25. The Morgan fingerprint density at radius 2 is 2.00 bits per heavy atom. The molecule has 0 aromatic carbocycles. The van der Waals surface area contributed by atoms with Gasteiger partial charge < -0.3 is 4.57 Å². The van der Waals surface area contributed by atoms with Gasteiger partial charge in [-0.05, 0) is 35.8 Å². The van der Waals surface area contributed by atoms with Crippen LogP contribution in [0.1, 0.15) is 11.4 Å². The number of halogens is 1. The molecular weight excluding hydrogens is 294 g/mol. The summed E-state index contributed by atoms with van der Waals surface area (Å²) >= 11 is 3.53. The fourth-order valence-corrected chi connectivity index (χ4v) is 2.28. The fourth-order valence-electron chi connectivity index (χ4n) is 2.03. The number of hydrogen-bond acceptors (Lipinski definition) is 3. The molecule has 3 aromatic rings. The number of nitrogens with zero attached hydrogens (tertiary/aromatic N) is 5. The van der Waals surface area contributed by atoms with Crippen molar-refractivity contribution in [2.75, 3.05) is 0 Å². The highest BCUT2D eigenvalue weighted by molar-refractivity contribution is 9.10. The molecule has 18 heavy (non-hydrogen) atoms. The van der Waals surface area contributed by atoms with Crippen LogP contribution in [0.25, 0.3) is 16.9 Å². The second-order valence-corrected chi connectivity index (χ2v) is 5.05. The molecule has 3 heterocycles. The van der Waals surface area contributed by atoms with Crippen molar-refractivity contribution in [3.05, 3.63) is 34.5 Å². The van der Waals surface area contributed by atoms with Gasteiger partial charge in [0.1, 0.15) is 5.52 Å². The summed E-state index contributed by atoms with van der Waals surface area (Å²) < 4.78 is 4.81. The molecule has 0 spiro atoms. The van der Waals surface area contributed by atoms with Crippen LogP contribution in [0.5, 0.6) is 0 Å². The summed E-state index contributed by atoms with van der Waals surface area (Å²) in [6, 6.07) is 1.95. The lowest BCUT2D eigenvalue weighted by Crippen LogP contribution is -2.03. The van der Waals surface area contributed by atoms with Crippen LogP contribution in [-0.2, 0) is 7.05 Å². The minimum absolute atomic E-state index is 0.763. The average Bonchev–Trinajstić information content (AvgIpc) is 2.86. The summed E-state index contributed by atoms with van der Waals surface area (Å²) in [5.74, 6) is 0.763. The summed E-state index contributed by atoms with van der Waals surface area (Å²) in [6.07, 6.45) is 3.57. The van der Waals surface area contributed by atoms with Crippen molar-refractivity contribution in [2.45, 2.75) is 13.8 Å². The molecule has 0 aliphatic heterocycles. The summed E-state index contributed by atoms with van der Waals surface area (Å²) in [7, 11) is 1.97. The van der Waals surface area contributed by atoms with Crippen LogP contribution in [0, 0.1) is 13.8 Å². The van der Waals surface area contributed by atoms with E-state index in [9.17, 15) is 0 Å². The van der Waals surface area contributed by atoms with Gasteiger partial charge in [0, 0.05) is 13.2 Å². The molecule has 0 amide bonds. The van der Waals surface area contributed by atoms with Crippen LogP contribution in [0.15, 0.2) is 23.1 Å². The Labute approximate surface area is 113 Å². The van der Waals surface area contributed by atoms with Crippen molar-refractivity contribution in [3.8, 4) is 5.82 Å². The maximum Gasteiger partial charge on any atom is 0.181 e. The molecule has 0 aliphatic carbocycles. The monoisotopic (exact) mass is 305 g/mol. The lowest BCUT2D eigenvalue weighted by Gasteiger charge is -2.04. The standard InChI is InChI=1S/C12H12BrN5/c1-7-10(13)8(2)18(16-7)12-11-9(4-5-14-12)17(3)6-15-11/h4-6H,1-3H3. The average molecular weight is 306 g/mol. The van der Waals surface area contributed by atoms with E-state index in [2.05, 4.69) is 31.0 Å². The predicted molar refractivity (Wildman–Crippen MR) is 72.8 cm³/mol. The van der Waals surface area contributed by atoms with Crippen molar-refractivity contribution < 1.29 is 0 Å². The van der Waals surface area contributed by atoms with Crippen LogP contribution in [0.3, 0.4) is 0 Å². The summed E-state index contributed by atoms with van der Waals surface area (Å²) in [6.45, 7) is 3.97. The Kier molecular flexibility index (Phi) is 2.48.